The van der Waals surface area contributed by atoms with Gasteiger partial charge in [-0.25, -0.2) is 0 Å². The monoisotopic (exact) mass is 266 g/mol. The maximum absolute atomic E-state index is 12.4. The molecule has 1 aliphatic rings. The van der Waals surface area contributed by atoms with Gasteiger partial charge in [0.25, 0.3) is 5.91 Å². The maximum Gasteiger partial charge on any atom is 0.256 e. The summed E-state index contributed by atoms with van der Waals surface area (Å²) in [6, 6.07) is 6.88. The Bertz CT molecular complexity index is 500. The van der Waals surface area contributed by atoms with E-state index in [0.29, 0.717) is 23.7 Å². The smallest absolute Gasteiger partial charge is 0.256 e. The Hall–Kier alpha value is -1.55. The number of amides is 2. The second-order valence-electron chi connectivity index (χ2n) is 4.75. The number of benzene rings is 1. The standard InChI is InChI=1S/C13H15ClN2O2/c1-13(2)12(18)15-7-8-16(13)11(17)9-5-3-4-6-10(9)14/h3-6H,7-8H2,1-2H3,(H,15,18). The molecule has 2 rings (SSSR count). The van der Waals surface area contributed by atoms with Crippen molar-refractivity contribution in [3.8, 4) is 0 Å². The molecule has 1 heterocycles. The molecule has 1 fully saturated rings. The van der Waals surface area contributed by atoms with E-state index in [1.807, 2.05) is 0 Å². The Kier molecular flexibility index (Phi) is 3.30. The van der Waals surface area contributed by atoms with Gasteiger partial charge in [0, 0.05) is 13.1 Å². The van der Waals surface area contributed by atoms with Gasteiger partial charge in [0.1, 0.15) is 5.54 Å². The molecule has 5 heteroatoms. The van der Waals surface area contributed by atoms with Crippen molar-refractivity contribution in [3.63, 3.8) is 0 Å². The van der Waals surface area contributed by atoms with Crippen LogP contribution in [0.3, 0.4) is 0 Å². The SMILES string of the molecule is CC1(C)C(=O)NCCN1C(=O)c1ccccc1Cl. The molecular weight excluding hydrogens is 252 g/mol. The molecular formula is C13H15ClN2O2. The highest BCUT2D eigenvalue weighted by Gasteiger charge is 2.40. The van der Waals surface area contributed by atoms with E-state index in [0.717, 1.165) is 0 Å². The van der Waals surface area contributed by atoms with Crippen LogP contribution in [0.2, 0.25) is 5.02 Å². The van der Waals surface area contributed by atoms with E-state index in [9.17, 15) is 9.59 Å². The van der Waals surface area contributed by atoms with E-state index in [1.165, 1.54) is 0 Å². The van der Waals surface area contributed by atoms with E-state index in [1.54, 1.807) is 43.0 Å². The summed E-state index contributed by atoms with van der Waals surface area (Å²) < 4.78 is 0. The van der Waals surface area contributed by atoms with Crippen LogP contribution in [0.1, 0.15) is 24.2 Å². The summed E-state index contributed by atoms with van der Waals surface area (Å²) >= 11 is 6.02. The lowest BCUT2D eigenvalue weighted by Gasteiger charge is -2.41. The minimum Gasteiger partial charge on any atom is -0.352 e. The lowest BCUT2D eigenvalue weighted by molar-refractivity contribution is -0.133. The molecule has 1 N–H and O–H groups in total. The summed E-state index contributed by atoms with van der Waals surface area (Å²) in [5.74, 6) is -0.352. The summed E-state index contributed by atoms with van der Waals surface area (Å²) in [6.45, 7) is 4.42. The zero-order valence-corrected chi connectivity index (χ0v) is 11.1. The number of nitrogens with zero attached hydrogens (tertiary/aromatic N) is 1. The summed E-state index contributed by atoms with van der Waals surface area (Å²) in [5, 5.41) is 3.16. The van der Waals surface area contributed by atoms with Gasteiger partial charge < -0.3 is 10.2 Å². The van der Waals surface area contributed by atoms with Crippen molar-refractivity contribution >= 4 is 23.4 Å². The van der Waals surface area contributed by atoms with Crippen LogP contribution in [0.15, 0.2) is 24.3 Å². The Morgan fingerprint density at radius 1 is 1.39 bits per heavy atom. The van der Waals surface area contributed by atoms with Gasteiger partial charge in [0.2, 0.25) is 5.91 Å². The predicted molar refractivity (Wildman–Crippen MR) is 69.6 cm³/mol. The zero-order valence-electron chi connectivity index (χ0n) is 10.4. The predicted octanol–water partition coefficient (Wildman–Crippen LogP) is 1.69. The molecule has 0 atom stereocenters. The van der Waals surface area contributed by atoms with Gasteiger partial charge in [-0.3, -0.25) is 9.59 Å². The first-order valence-electron chi connectivity index (χ1n) is 5.79. The van der Waals surface area contributed by atoms with Crippen LogP contribution >= 0.6 is 11.6 Å². The first-order valence-corrected chi connectivity index (χ1v) is 6.17. The van der Waals surface area contributed by atoms with Crippen LogP contribution < -0.4 is 5.32 Å². The summed E-state index contributed by atoms with van der Waals surface area (Å²) in [7, 11) is 0. The molecule has 1 aliphatic heterocycles. The molecule has 0 spiro atoms. The van der Waals surface area contributed by atoms with Crippen molar-refractivity contribution in [1.82, 2.24) is 10.2 Å². The Balaban J connectivity index is 2.34. The van der Waals surface area contributed by atoms with Crippen molar-refractivity contribution in [2.45, 2.75) is 19.4 Å². The normalized spacial score (nSPS) is 18.4. The third-order valence-corrected chi connectivity index (χ3v) is 3.53. The molecule has 96 valence electrons. The first-order chi connectivity index (χ1) is 8.44. The van der Waals surface area contributed by atoms with Gasteiger partial charge in [-0.2, -0.15) is 0 Å². The van der Waals surface area contributed by atoms with Crippen molar-refractivity contribution in [1.29, 1.82) is 0 Å². The highest BCUT2D eigenvalue weighted by Crippen LogP contribution is 2.24. The minimum absolute atomic E-state index is 0.144. The molecule has 0 bridgehead atoms. The molecule has 1 aromatic rings. The maximum atomic E-state index is 12.4. The van der Waals surface area contributed by atoms with E-state index < -0.39 is 5.54 Å². The lowest BCUT2D eigenvalue weighted by atomic mass is 9.97. The molecule has 0 saturated carbocycles. The summed E-state index contributed by atoms with van der Waals surface area (Å²) in [5.41, 5.74) is -0.420. The fourth-order valence-corrected chi connectivity index (χ4v) is 2.25. The van der Waals surface area contributed by atoms with Crippen LogP contribution in [0.4, 0.5) is 0 Å². The van der Waals surface area contributed by atoms with Crippen LogP contribution in [-0.2, 0) is 4.79 Å². The van der Waals surface area contributed by atoms with Crippen LogP contribution in [-0.4, -0.2) is 35.3 Å². The van der Waals surface area contributed by atoms with E-state index in [-0.39, 0.29) is 11.8 Å². The first kappa shape index (κ1) is 12.9. The summed E-state index contributed by atoms with van der Waals surface area (Å²) in [4.78, 5) is 25.8. The average Bonchev–Trinajstić information content (AvgIpc) is 2.32. The summed E-state index contributed by atoms with van der Waals surface area (Å²) in [6.07, 6.45) is 0. The molecule has 1 aromatic carbocycles. The molecule has 0 aliphatic carbocycles. The third kappa shape index (κ3) is 2.08. The zero-order chi connectivity index (χ0) is 13.3. The fourth-order valence-electron chi connectivity index (χ4n) is 2.04. The quantitative estimate of drug-likeness (QED) is 0.841. The second-order valence-corrected chi connectivity index (χ2v) is 5.16. The Labute approximate surface area is 111 Å². The fraction of sp³-hybridized carbons (Fsp3) is 0.385. The van der Waals surface area contributed by atoms with Gasteiger partial charge in [-0.05, 0) is 26.0 Å². The largest absolute Gasteiger partial charge is 0.352 e. The third-order valence-electron chi connectivity index (χ3n) is 3.20. The van der Waals surface area contributed by atoms with Gasteiger partial charge in [-0.1, -0.05) is 23.7 Å². The van der Waals surface area contributed by atoms with E-state index >= 15 is 0 Å². The lowest BCUT2D eigenvalue weighted by Crippen LogP contribution is -2.63. The van der Waals surface area contributed by atoms with Crippen molar-refractivity contribution in [2.75, 3.05) is 13.1 Å². The van der Waals surface area contributed by atoms with Crippen LogP contribution in [0.25, 0.3) is 0 Å². The van der Waals surface area contributed by atoms with Gasteiger partial charge in [-0.15, -0.1) is 0 Å². The molecule has 18 heavy (non-hydrogen) atoms. The van der Waals surface area contributed by atoms with Crippen molar-refractivity contribution in [2.24, 2.45) is 0 Å². The number of carbonyl (C=O) groups excluding carboxylic acids is 2. The molecule has 2 amide bonds. The van der Waals surface area contributed by atoms with Gasteiger partial charge >= 0.3 is 0 Å². The molecule has 0 radical (unpaired) electrons. The molecule has 1 saturated heterocycles. The average molecular weight is 267 g/mol. The highest BCUT2D eigenvalue weighted by molar-refractivity contribution is 6.33. The number of halogens is 1. The van der Waals surface area contributed by atoms with E-state index in [2.05, 4.69) is 5.32 Å². The molecule has 0 unspecified atom stereocenters. The highest BCUT2D eigenvalue weighted by atomic mass is 35.5. The van der Waals surface area contributed by atoms with Crippen molar-refractivity contribution in [3.05, 3.63) is 34.9 Å². The van der Waals surface area contributed by atoms with Crippen LogP contribution in [0.5, 0.6) is 0 Å². The number of nitrogens with one attached hydrogen (secondary N) is 1. The van der Waals surface area contributed by atoms with E-state index in [4.69, 9.17) is 11.6 Å². The number of rotatable bonds is 1. The molecule has 4 nitrogen and oxygen atoms in total. The topological polar surface area (TPSA) is 49.4 Å². The minimum atomic E-state index is -0.853. The number of carbonyl (C=O) groups is 2. The Morgan fingerprint density at radius 3 is 2.72 bits per heavy atom. The van der Waals surface area contributed by atoms with Gasteiger partial charge in [0.05, 0.1) is 10.6 Å². The second kappa shape index (κ2) is 4.61. The number of hydrogen-bond donors (Lipinski definition) is 1. The molecule has 0 aromatic heterocycles. The van der Waals surface area contributed by atoms with Crippen LogP contribution in [0, 0.1) is 0 Å². The van der Waals surface area contributed by atoms with Gasteiger partial charge in [0.15, 0.2) is 0 Å². The number of hydrogen-bond acceptors (Lipinski definition) is 2. The van der Waals surface area contributed by atoms with Crippen molar-refractivity contribution < 1.29 is 9.59 Å². The Morgan fingerprint density at radius 2 is 2.06 bits per heavy atom. The number of piperazine rings is 1.